The van der Waals surface area contributed by atoms with E-state index < -0.39 is 5.97 Å². The van der Waals surface area contributed by atoms with E-state index in [1.807, 2.05) is 24.3 Å². The Labute approximate surface area is 123 Å². The first-order valence-corrected chi connectivity index (χ1v) is 6.80. The third-order valence-corrected chi connectivity index (χ3v) is 3.41. The van der Waals surface area contributed by atoms with Gasteiger partial charge in [0.05, 0.1) is 6.42 Å². The fraction of sp³-hybridized carbons (Fsp3) is 0.214. The molecule has 20 heavy (non-hydrogen) atoms. The minimum atomic E-state index is -1.04. The second kappa shape index (κ2) is 6.00. The lowest BCUT2D eigenvalue weighted by molar-refractivity contribution is -0.136. The summed E-state index contributed by atoms with van der Waals surface area (Å²) in [5.41, 5.74) is 1.30. The van der Waals surface area contributed by atoms with Crippen LogP contribution >= 0.6 is 15.9 Å². The Morgan fingerprint density at radius 2 is 2.00 bits per heavy atom. The van der Waals surface area contributed by atoms with Gasteiger partial charge in [0, 0.05) is 22.2 Å². The summed E-state index contributed by atoms with van der Waals surface area (Å²) in [6.07, 6.45) is 0.184. The summed E-state index contributed by atoms with van der Waals surface area (Å²) in [5.74, 6) is -0.509. The first kappa shape index (κ1) is 14.5. The third kappa shape index (κ3) is 3.54. The lowest BCUT2D eigenvalue weighted by Gasteiger charge is -2.06. The number of carbonyl (C=O) groups is 1. The Bertz CT molecular complexity index is 693. The summed E-state index contributed by atoms with van der Waals surface area (Å²) in [6, 6.07) is 7.70. The molecule has 0 saturated carbocycles. The smallest absolute Gasteiger partial charge is 0.308 e. The summed E-state index contributed by atoms with van der Waals surface area (Å²) < 4.78 is 0.982. The number of rotatable bonds is 4. The molecule has 0 radical (unpaired) electrons. The van der Waals surface area contributed by atoms with E-state index >= 15 is 0 Å². The van der Waals surface area contributed by atoms with Gasteiger partial charge in [0.2, 0.25) is 0 Å². The summed E-state index contributed by atoms with van der Waals surface area (Å²) >= 11 is 3.36. The van der Waals surface area contributed by atoms with Gasteiger partial charge in [-0.05, 0) is 24.6 Å². The van der Waals surface area contributed by atoms with E-state index in [0.717, 1.165) is 10.0 Å². The molecule has 0 amide bonds. The van der Waals surface area contributed by atoms with Gasteiger partial charge in [-0.2, -0.15) is 0 Å². The van der Waals surface area contributed by atoms with Gasteiger partial charge in [-0.15, -0.1) is 0 Å². The first-order chi connectivity index (χ1) is 9.45. The summed E-state index contributed by atoms with van der Waals surface area (Å²) in [6.45, 7) is 1.65. The highest BCUT2D eigenvalue weighted by atomic mass is 79.9. The molecule has 0 saturated heterocycles. The zero-order valence-corrected chi connectivity index (χ0v) is 12.4. The SMILES string of the molecule is Cc1nc(Cc2ccc(Br)cc2)[nH]c(=O)c1CC(=O)O. The molecule has 2 aromatic rings. The summed E-state index contributed by atoms with van der Waals surface area (Å²) in [7, 11) is 0. The van der Waals surface area contributed by atoms with Gasteiger partial charge in [0.25, 0.3) is 5.56 Å². The van der Waals surface area contributed by atoms with Crippen LogP contribution < -0.4 is 5.56 Å². The van der Waals surface area contributed by atoms with E-state index in [0.29, 0.717) is 17.9 Å². The van der Waals surface area contributed by atoms with Crippen molar-refractivity contribution >= 4 is 21.9 Å². The van der Waals surface area contributed by atoms with E-state index in [2.05, 4.69) is 25.9 Å². The van der Waals surface area contributed by atoms with Crippen molar-refractivity contribution in [2.24, 2.45) is 0 Å². The number of halogens is 1. The monoisotopic (exact) mass is 336 g/mol. The van der Waals surface area contributed by atoms with Crippen molar-refractivity contribution in [1.82, 2.24) is 9.97 Å². The highest BCUT2D eigenvalue weighted by Gasteiger charge is 2.11. The molecule has 0 aliphatic rings. The molecule has 0 fully saturated rings. The highest BCUT2D eigenvalue weighted by Crippen LogP contribution is 2.12. The standard InChI is InChI=1S/C14H13BrN2O3/c1-8-11(7-13(18)19)14(20)17-12(16-8)6-9-2-4-10(15)5-3-9/h2-5H,6-7H2,1H3,(H,18,19)(H,16,17,20). The fourth-order valence-corrected chi connectivity index (χ4v) is 2.17. The number of aromatic amines is 1. The Morgan fingerprint density at radius 3 is 2.55 bits per heavy atom. The number of aryl methyl sites for hydroxylation is 1. The molecule has 0 unspecified atom stereocenters. The molecule has 104 valence electrons. The van der Waals surface area contributed by atoms with Crippen LogP contribution in [0.5, 0.6) is 0 Å². The molecule has 0 bridgehead atoms. The van der Waals surface area contributed by atoms with Crippen molar-refractivity contribution in [3.63, 3.8) is 0 Å². The predicted octanol–water partition coefficient (Wildman–Crippen LogP) is 2.06. The maximum absolute atomic E-state index is 11.9. The van der Waals surface area contributed by atoms with Gasteiger partial charge in [0.15, 0.2) is 0 Å². The van der Waals surface area contributed by atoms with Crippen molar-refractivity contribution in [3.05, 3.63) is 61.7 Å². The van der Waals surface area contributed by atoms with Crippen LogP contribution in [0.3, 0.4) is 0 Å². The Morgan fingerprint density at radius 1 is 1.35 bits per heavy atom. The first-order valence-electron chi connectivity index (χ1n) is 6.00. The van der Waals surface area contributed by atoms with Crippen LogP contribution in [0.25, 0.3) is 0 Å². The number of nitrogens with one attached hydrogen (secondary N) is 1. The number of aliphatic carboxylic acids is 1. The molecule has 5 nitrogen and oxygen atoms in total. The van der Waals surface area contributed by atoms with E-state index in [1.165, 1.54) is 0 Å². The zero-order valence-electron chi connectivity index (χ0n) is 10.8. The number of hydrogen-bond donors (Lipinski definition) is 2. The molecular weight excluding hydrogens is 324 g/mol. The normalized spacial score (nSPS) is 10.5. The lowest BCUT2D eigenvalue weighted by Crippen LogP contribution is -2.21. The molecule has 0 spiro atoms. The van der Waals surface area contributed by atoms with Crippen LogP contribution in [0.4, 0.5) is 0 Å². The zero-order chi connectivity index (χ0) is 14.7. The molecule has 2 N–H and O–H groups in total. The quantitative estimate of drug-likeness (QED) is 0.895. The second-order valence-electron chi connectivity index (χ2n) is 4.45. The Balaban J connectivity index is 2.28. The fourth-order valence-electron chi connectivity index (χ4n) is 1.91. The second-order valence-corrected chi connectivity index (χ2v) is 5.37. The van der Waals surface area contributed by atoms with Gasteiger partial charge >= 0.3 is 5.97 Å². The summed E-state index contributed by atoms with van der Waals surface area (Å²) in [5, 5.41) is 8.76. The van der Waals surface area contributed by atoms with Gasteiger partial charge in [0.1, 0.15) is 5.82 Å². The molecule has 1 aromatic heterocycles. The predicted molar refractivity (Wildman–Crippen MR) is 77.9 cm³/mol. The van der Waals surface area contributed by atoms with Gasteiger partial charge < -0.3 is 10.1 Å². The Hall–Kier alpha value is -1.95. The average Bonchev–Trinajstić information content (AvgIpc) is 2.36. The van der Waals surface area contributed by atoms with Gasteiger partial charge in [-0.1, -0.05) is 28.1 Å². The number of H-pyrrole nitrogens is 1. The number of carboxylic acid groups (broad SMARTS) is 1. The van der Waals surface area contributed by atoms with Crippen LogP contribution in [0, 0.1) is 6.92 Å². The van der Waals surface area contributed by atoms with E-state index in [1.54, 1.807) is 6.92 Å². The molecule has 0 aliphatic heterocycles. The van der Waals surface area contributed by atoms with Crippen LogP contribution in [-0.2, 0) is 17.6 Å². The third-order valence-electron chi connectivity index (χ3n) is 2.88. The van der Waals surface area contributed by atoms with Crippen molar-refractivity contribution in [2.45, 2.75) is 19.8 Å². The molecular formula is C14H13BrN2O3. The number of aromatic nitrogens is 2. The van der Waals surface area contributed by atoms with Crippen molar-refractivity contribution in [2.75, 3.05) is 0 Å². The minimum absolute atomic E-state index is 0.206. The topological polar surface area (TPSA) is 83.0 Å². The maximum Gasteiger partial charge on any atom is 0.308 e. The van der Waals surface area contributed by atoms with Crippen LogP contribution in [-0.4, -0.2) is 21.0 Å². The minimum Gasteiger partial charge on any atom is -0.481 e. The highest BCUT2D eigenvalue weighted by molar-refractivity contribution is 9.10. The van der Waals surface area contributed by atoms with Crippen LogP contribution in [0.2, 0.25) is 0 Å². The lowest BCUT2D eigenvalue weighted by atomic mass is 10.1. The molecule has 0 aliphatic carbocycles. The summed E-state index contributed by atoms with van der Waals surface area (Å²) in [4.78, 5) is 29.5. The van der Waals surface area contributed by atoms with Crippen LogP contribution in [0.1, 0.15) is 22.6 Å². The van der Waals surface area contributed by atoms with E-state index in [4.69, 9.17) is 5.11 Å². The van der Waals surface area contributed by atoms with Crippen molar-refractivity contribution in [3.8, 4) is 0 Å². The molecule has 0 atom stereocenters. The Kier molecular flexibility index (Phi) is 4.34. The number of carboxylic acids is 1. The molecule has 2 rings (SSSR count). The molecule has 1 heterocycles. The average molecular weight is 337 g/mol. The van der Waals surface area contributed by atoms with Gasteiger partial charge in [-0.25, -0.2) is 4.98 Å². The maximum atomic E-state index is 11.9. The largest absolute Gasteiger partial charge is 0.481 e. The van der Waals surface area contributed by atoms with Crippen LogP contribution in [0.15, 0.2) is 33.5 Å². The van der Waals surface area contributed by atoms with Crippen molar-refractivity contribution < 1.29 is 9.90 Å². The number of nitrogens with zero attached hydrogens (tertiary/aromatic N) is 1. The number of benzene rings is 1. The number of hydrogen-bond acceptors (Lipinski definition) is 3. The van der Waals surface area contributed by atoms with E-state index in [-0.39, 0.29) is 17.5 Å². The molecule has 6 heteroatoms. The van der Waals surface area contributed by atoms with E-state index in [9.17, 15) is 9.59 Å². The van der Waals surface area contributed by atoms with Crippen molar-refractivity contribution in [1.29, 1.82) is 0 Å². The van der Waals surface area contributed by atoms with Gasteiger partial charge in [-0.3, -0.25) is 9.59 Å². The molecule has 1 aromatic carbocycles.